The molecule has 1 N–H and O–H groups in total. The molecule has 3 aliphatic heterocycles. The Morgan fingerprint density at radius 2 is 1.97 bits per heavy atom. The van der Waals surface area contributed by atoms with Gasteiger partial charge >= 0.3 is 10.3 Å². The predicted molar refractivity (Wildman–Crippen MR) is 129 cm³/mol. The van der Waals surface area contributed by atoms with Gasteiger partial charge in [-0.15, -0.1) is 0 Å². The van der Waals surface area contributed by atoms with E-state index in [0.717, 1.165) is 19.9 Å². The fraction of sp³-hybridized carbons (Fsp3) is 0.300. The van der Waals surface area contributed by atoms with Gasteiger partial charge in [-0.05, 0) is 44.1 Å². The number of hydrogen-bond donors (Lipinski definition) is 1. The van der Waals surface area contributed by atoms with Crippen molar-refractivity contribution in [3.63, 3.8) is 0 Å². The topological polar surface area (TPSA) is 81.2 Å². The first-order valence-corrected chi connectivity index (χ1v) is 13.2. The van der Waals surface area contributed by atoms with Crippen molar-refractivity contribution >= 4 is 62.0 Å². The maximum absolute atomic E-state index is 12.3. The molecule has 7 nitrogen and oxygen atoms in total. The van der Waals surface area contributed by atoms with Gasteiger partial charge in [0.1, 0.15) is 10.5 Å². The summed E-state index contributed by atoms with van der Waals surface area (Å²) in [7, 11) is -4.30. The highest BCUT2D eigenvalue weighted by Gasteiger charge is 2.41. The molecular weight excluding hydrogens is 475 g/mol. The third kappa shape index (κ3) is 4.48. The van der Waals surface area contributed by atoms with E-state index in [1.807, 2.05) is 48.2 Å². The third-order valence-corrected chi connectivity index (χ3v) is 8.65. The predicted octanol–water partition coefficient (Wildman–Crippen LogP) is 3.99. The Kier molecular flexibility index (Phi) is 6.61. The van der Waals surface area contributed by atoms with Crippen LogP contribution in [0.25, 0.3) is 0 Å². The van der Waals surface area contributed by atoms with E-state index >= 15 is 0 Å². The number of thiocarbonyl (C=S) groups is 1. The lowest BCUT2D eigenvalue weighted by molar-refractivity contribution is -0.122. The molecule has 4 rings (SSSR count). The molecule has 1 aromatic carbocycles. The third-order valence-electron chi connectivity index (χ3n) is 5.13. The number of likely N-dealkylation sites (N-methyl/N-ethyl adjacent to an activating group) is 1. The standard InChI is InChI=1S/C20H21N3O4S4/c1-2-21-19(24)16(30-20(21)28)10-5-6-12-18-23(14-8-3-4-9-15(14)29-18)17-11-7-13-22(17)31(25,26)27/h3-6,8-10,12,17H,2,7,11,13H2,1H3,(H,25,26,27)/b6-5+,16-10+,18-12-/t17-/m1/s1. The molecule has 2 saturated heterocycles. The normalized spacial score (nSPS) is 25.0. The zero-order chi connectivity index (χ0) is 22.2. The smallest absolute Gasteiger partial charge is 0.317 e. The van der Waals surface area contributed by atoms with Gasteiger partial charge in [0, 0.05) is 18.0 Å². The Hall–Kier alpha value is -1.63. The van der Waals surface area contributed by atoms with Crippen LogP contribution in [-0.2, 0) is 15.1 Å². The minimum absolute atomic E-state index is 0.0891. The number of thioether (sulfide) groups is 2. The second-order valence-electron chi connectivity index (χ2n) is 6.99. The number of para-hydroxylation sites is 1. The van der Waals surface area contributed by atoms with Gasteiger partial charge in [-0.3, -0.25) is 14.2 Å². The van der Waals surface area contributed by atoms with Gasteiger partial charge in [0.05, 0.1) is 15.6 Å². The van der Waals surface area contributed by atoms with Crippen LogP contribution < -0.4 is 4.90 Å². The molecular formula is C20H21N3O4S4. The lowest BCUT2D eigenvalue weighted by Crippen LogP contribution is -2.45. The average Bonchev–Trinajstić information content (AvgIpc) is 3.40. The molecule has 3 aliphatic rings. The Morgan fingerprint density at radius 1 is 1.23 bits per heavy atom. The number of carbonyl (C=O) groups excluding carboxylic acids is 1. The number of amides is 1. The fourth-order valence-corrected chi connectivity index (χ4v) is 7.07. The van der Waals surface area contributed by atoms with Crippen molar-refractivity contribution in [2.45, 2.75) is 30.8 Å². The molecule has 0 bridgehead atoms. The van der Waals surface area contributed by atoms with Gasteiger partial charge in [0.15, 0.2) is 0 Å². The number of rotatable bonds is 5. The summed E-state index contributed by atoms with van der Waals surface area (Å²) >= 11 is 8.05. The maximum atomic E-state index is 12.3. The second kappa shape index (κ2) is 9.08. The highest BCUT2D eigenvalue weighted by Crippen LogP contribution is 2.48. The first-order chi connectivity index (χ1) is 14.8. The highest BCUT2D eigenvalue weighted by atomic mass is 32.2. The zero-order valence-corrected chi connectivity index (χ0v) is 19.9. The van der Waals surface area contributed by atoms with E-state index < -0.39 is 16.5 Å². The molecule has 0 saturated carbocycles. The van der Waals surface area contributed by atoms with E-state index in [9.17, 15) is 17.8 Å². The lowest BCUT2D eigenvalue weighted by Gasteiger charge is -2.32. The van der Waals surface area contributed by atoms with Crippen LogP contribution in [0.1, 0.15) is 19.8 Å². The van der Waals surface area contributed by atoms with Crippen LogP contribution in [0.5, 0.6) is 0 Å². The average molecular weight is 496 g/mol. The summed E-state index contributed by atoms with van der Waals surface area (Å²) in [5, 5.41) is 0.854. The molecule has 3 heterocycles. The van der Waals surface area contributed by atoms with E-state index in [2.05, 4.69) is 0 Å². The fourth-order valence-electron chi connectivity index (χ4n) is 3.76. The zero-order valence-electron chi connectivity index (χ0n) is 16.7. The Morgan fingerprint density at radius 3 is 2.68 bits per heavy atom. The molecule has 11 heteroatoms. The van der Waals surface area contributed by atoms with Gasteiger partial charge < -0.3 is 4.90 Å². The van der Waals surface area contributed by atoms with Gasteiger partial charge in [0.25, 0.3) is 5.91 Å². The van der Waals surface area contributed by atoms with E-state index in [1.165, 1.54) is 11.8 Å². The number of fused-ring (bicyclic) bond motifs is 1. The largest absolute Gasteiger partial charge is 0.337 e. The molecule has 1 atom stereocenters. The van der Waals surface area contributed by atoms with Crippen molar-refractivity contribution in [3.05, 3.63) is 58.5 Å². The van der Waals surface area contributed by atoms with E-state index in [0.29, 0.717) is 28.6 Å². The Labute approximate surface area is 195 Å². The number of carbonyl (C=O) groups is 1. The van der Waals surface area contributed by atoms with Crippen molar-refractivity contribution in [3.8, 4) is 0 Å². The molecule has 164 valence electrons. The molecule has 0 unspecified atom stereocenters. The van der Waals surface area contributed by atoms with Gasteiger partial charge in [-0.1, -0.05) is 60.0 Å². The molecule has 2 fully saturated rings. The summed E-state index contributed by atoms with van der Waals surface area (Å²) in [5.41, 5.74) is 0.913. The van der Waals surface area contributed by atoms with Crippen molar-refractivity contribution in [1.29, 1.82) is 0 Å². The van der Waals surface area contributed by atoms with Crippen LogP contribution in [0.2, 0.25) is 0 Å². The first kappa shape index (κ1) is 22.6. The maximum Gasteiger partial charge on any atom is 0.337 e. The minimum atomic E-state index is -4.30. The Bertz CT molecular complexity index is 1110. The molecule has 1 aromatic rings. The van der Waals surface area contributed by atoms with Crippen molar-refractivity contribution in [2.24, 2.45) is 0 Å². The molecule has 0 spiro atoms. The SMILES string of the molecule is CCN1C(=O)\C(=C/C=C/C=C2\Sc3ccccc3N2[C@@H]2CCCN2S(=O)(=O)O)SC1=S. The summed E-state index contributed by atoms with van der Waals surface area (Å²) in [6.45, 7) is 2.72. The summed E-state index contributed by atoms with van der Waals surface area (Å²) in [4.78, 5) is 17.4. The van der Waals surface area contributed by atoms with Crippen LogP contribution in [-0.4, -0.2) is 51.7 Å². The second-order valence-corrected chi connectivity index (χ2v) is 11.1. The quantitative estimate of drug-likeness (QED) is 0.373. The summed E-state index contributed by atoms with van der Waals surface area (Å²) < 4.78 is 35.2. The van der Waals surface area contributed by atoms with Crippen LogP contribution in [0.15, 0.2) is 63.4 Å². The molecule has 0 aliphatic carbocycles. The number of hydrogen-bond acceptors (Lipinski definition) is 7. The van der Waals surface area contributed by atoms with Crippen molar-refractivity contribution in [1.82, 2.24) is 9.21 Å². The van der Waals surface area contributed by atoms with Crippen LogP contribution in [0, 0.1) is 0 Å². The van der Waals surface area contributed by atoms with Crippen LogP contribution in [0.4, 0.5) is 5.69 Å². The van der Waals surface area contributed by atoms with Crippen LogP contribution in [0.3, 0.4) is 0 Å². The molecule has 1 amide bonds. The van der Waals surface area contributed by atoms with Crippen molar-refractivity contribution in [2.75, 3.05) is 18.0 Å². The van der Waals surface area contributed by atoms with Crippen molar-refractivity contribution < 1.29 is 17.8 Å². The molecule has 0 aromatic heterocycles. The lowest BCUT2D eigenvalue weighted by atomic mass is 10.2. The minimum Gasteiger partial charge on any atom is -0.317 e. The molecule has 31 heavy (non-hydrogen) atoms. The summed E-state index contributed by atoms with van der Waals surface area (Å²) in [6, 6.07) is 7.78. The van der Waals surface area contributed by atoms with E-state index in [4.69, 9.17) is 12.2 Å². The summed E-state index contributed by atoms with van der Waals surface area (Å²) in [6.07, 6.45) is 8.06. The number of benzene rings is 1. The highest BCUT2D eigenvalue weighted by molar-refractivity contribution is 8.26. The Balaban J connectivity index is 1.61. The van der Waals surface area contributed by atoms with E-state index in [1.54, 1.807) is 28.8 Å². The number of nitrogens with zero attached hydrogens (tertiary/aromatic N) is 3. The first-order valence-electron chi connectivity index (χ1n) is 9.74. The number of allylic oxidation sites excluding steroid dienone is 4. The number of anilines is 1. The van der Waals surface area contributed by atoms with E-state index in [-0.39, 0.29) is 12.5 Å². The molecule has 0 radical (unpaired) electrons. The van der Waals surface area contributed by atoms with Gasteiger partial charge in [-0.25, -0.2) is 0 Å². The summed E-state index contributed by atoms with van der Waals surface area (Å²) in [5.74, 6) is -0.0891. The monoisotopic (exact) mass is 495 g/mol. The van der Waals surface area contributed by atoms with Gasteiger partial charge in [0.2, 0.25) is 0 Å². The van der Waals surface area contributed by atoms with Gasteiger partial charge in [-0.2, -0.15) is 12.7 Å². The van der Waals surface area contributed by atoms with Crippen LogP contribution >= 0.6 is 35.7 Å².